The lowest BCUT2D eigenvalue weighted by molar-refractivity contribution is 0.241. The van der Waals surface area contributed by atoms with Crippen molar-refractivity contribution >= 4 is 5.69 Å². The molecule has 0 radical (unpaired) electrons. The summed E-state index contributed by atoms with van der Waals surface area (Å²) < 4.78 is 0. The van der Waals surface area contributed by atoms with Crippen LogP contribution in [-0.4, -0.2) is 51.2 Å². The molecule has 3 nitrogen and oxygen atoms in total. The van der Waals surface area contributed by atoms with Crippen molar-refractivity contribution in [3.8, 4) is 0 Å². The maximum Gasteiger partial charge on any atom is 0.0371 e. The number of anilines is 1. The Bertz CT molecular complexity index is 403. The van der Waals surface area contributed by atoms with Crippen LogP contribution in [0.4, 0.5) is 5.69 Å². The highest BCUT2D eigenvalue weighted by atomic mass is 15.2. The summed E-state index contributed by atoms with van der Waals surface area (Å²) in [6.07, 6.45) is 0. The molecule has 0 aliphatic carbocycles. The molecule has 1 aliphatic heterocycles. The van der Waals surface area contributed by atoms with Gasteiger partial charge in [-0.3, -0.25) is 0 Å². The van der Waals surface area contributed by atoms with E-state index in [0.717, 1.165) is 26.2 Å². The third kappa shape index (κ3) is 3.24. The smallest absolute Gasteiger partial charge is 0.0371 e. The average molecular weight is 247 g/mol. The van der Waals surface area contributed by atoms with Gasteiger partial charge in [-0.2, -0.15) is 0 Å². The summed E-state index contributed by atoms with van der Waals surface area (Å²) in [7, 11) is 4.38. The molecule has 0 aromatic heterocycles. The zero-order valence-corrected chi connectivity index (χ0v) is 12.0. The summed E-state index contributed by atoms with van der Waals surface area (Å²) in [5, 5.41) is 3.59. The van der Waals surface area contributed by atoms with E-state index in [1.54, 1.807) is 0 Å². The lowest BCUT2D eigenvalue weighted by Gasteiger charge is -2.34. The molecular formula is C15H25N3. The molecule has 2 rings (SSSR count). The topological polar surface area (TPSA) is 18.5 Å². The average Bonchev–Trinajstić information content (AvgIpc) is 2.32. The molecule has 18 heavy (non-hydrogen) atoms. The Labute approximate surface area is 111 Å². The van der Waals surface area contributed by atoms with Crippen LogP contribution >= 0.6 is 0 Å². The summed E-state index contributed by atoms with van der Waals surface area (Å²) in [5.74, 6) is 0. The molecule has 1 aromatic carbocycles. The maximum atomic E-state index is 3.59. The number of aryl methyl sites for hydroxylation is 2. The minimum atomic E-state index is 0.565. The van der Waals surface area contributed by atoms with Gasteiger partial charge >= 0.3 is 0 Å². The molecule has 1 aliphatic rings. The molecule has 1 unspecified atom stereocenters. The first-order chi connectivity index (χ1) is 8.56. The van der Waals surface area contributed by atoms with Gasteiger partial charge < -0.3 is 15.1 Å². The van der Waals surface area contributed by atoms with E-state index in [1.165, 1.54) is 16.8 Å². The monoisotopic (exact) mass is 247 g/mol. The van der Waals surface area contributed by atoms with Gasteiger partial charge in [0.25, 0.3) is 0 Å². The number of hydrogen-bond acceptors (Lipinski definition) is 3. The van der Waals surface area contributed by atoms with Crippen molar-refractivity contribution in [1.82, 2.24) is 10.2 Å². The van der Waals surface area contributed by atoms with Crippen LogP contribution < -0.4 is 10.2 Å². The zero-order chi connectivity index (χ0) is 13.1. The molecule has 0 saturated carbocycles. The quantitative estimate of drug-likeness (QED) is 0.876. The Hall–Kier alpha value is -1.06. The van der Waals surface area contributed by atoms with E-state index >= 15 is 0 Å². The predicted molar refractivity (Wildman–Crippen MR) is 78.5 cm³/mol. The zero-order valence-electron chi connectivity index (χ0n) is 12.0. The number of rotatable bonds is 3. The molecule has 1 heterocycles. The third-order valence-corrected chi connectivity index (χ3v) is 3.88. The van der Waals surface area contributed by atoms with Crippen LogP contribution in [0.5, 0.6) is 0 Å². The molecule has 0 bridgehead atoms. The maximum absolute atomic E-state index is 3.59. The molecule has 1 saturated heterocycles. The molecule has 1 atom stereocenters. The second-order valence-corrected chi connectivity index (χ2v) is 5.56. The Morgan fingerprint density at radius 1 is 1.33 bits per heavy atom. The van der Waals surface area contributed by atoms with Gasteiger partial charge in [0, 0.05) is 45.0 Å². The third-order valence-electron chi connectivity index (χ3n) is 3.88. The van der Waals surface area contributed by atoms with E-state index < -0.39 is 0 Å². The summed E-state index contributed by atoms with van der Waals surface area (Å²) in [6, 6.07) is 7.27. The van der Waals surface area contributed by atoms with Gasteiger partial charge in [-0.25, -0.2) is 0 Å². The van der Waals surface area contributed by atoms with E-state index in [2.05, 4.69) is 61.3 Å². The second kappa shape index (κ2) is 5.72. The lowest BCUT2D eigenvalue weighted by atomic mass is 10.1. The van der Waals surface area contributed by atoms with Crippen molar-refractivity contribution in [2.75, 3.05) is 45.2 Å². The van der Waals surface area contributed by atoms with Gasteiger partial charge in [0.05, 0.1) is 0 Å². The SMILES string of the molecule is Cc1ccc(N(C)CC2CN(C)CCN2)cc1C. The largest absolute Gasteiger partial charge is 0.373 e. The van der Waals surface area contributed by atoms with E-state index in [0.29, 0.717) is 6.04 Å². The Balaban J connectivity index is 1.98. The van der Waals surface area contributed by atoms with Crippen LogP contribution in [0.2, 0.25) is 0 Å². The van der Waals surface area contributed by atoms with Crippen molar-refractivity contribution in [3.63, 3.8) is 0 Å². The number of hydrogen-bond donors (Lipinski definition) is 1. The number of benzene rings is 1. The standard InChI is InChI=1S/C15H25N3/c1-12-5-6-15(9-13(12)2)18(4)11-14-10-17(3)8-7-16-14/h5-6,9,14,16H,7-8,10-11H2,1-4H3. The van der Waals surface area contributed by atoms with Crippen molar-refractivity contribution in [1.29, 1.82) is 0 Å². The minimum absolute atomic E-state index is 0.565. The van der Waals surface area contributed by atoms with E-state index in [1.807, 2.05) is 0 Å². The Morgan fingerprint density at radius 3 is 2.78 bits per heavy atom. The van der Waals surface area contributed by atoms with Gasteiger partial charge in [-0.05, 0) is 44.2 Å². The van der Waals surface area contributed by atoms with E-state index in [-0.39, 0.29) is 0 Å². The first-order valence-electron chi connectivity index (χ1n) is 6.76. The fraction of sp³-hybridized carbons (Fsp3) is 0.600. The number of piperazine rings is 1. The summed E-state index contributed by atoms with van der Waals surface area (Å²) >= 11 is 0. The molecule has 100 valence electrons. The van der Waals surface area contributed by atoms with Gasteiger partial charge in [-0.1, -0.05) is 6.07 Å². The Kier molecular flexibility index (Phi) is 4.25. The first-order valence-corrected chi connectivity index (χ1v) is 6.76. The van der Waals surface area contributed by atoms with Crippen LogP contribution in [0, 0.1) is 13.8 Å². The van der Waals surface area contributed by atoms with E-state index in [4.69, 9.17) is 0 Å². The molecular weight excluding hydrogens is 222 g/mol. The summed E-state index contributed by atoms with van der Waals surface area (Å²) in [6.45, 7) is 8.80. The lowest BCUT2D eigenvalue weighted by Crippen LogP contribution is -2.53. The van der Waals surface area contributed by atoms with Crippen LogP contribution in [0.25, 0.3) is 0 Å². The molecule has 3 heteroatoms. The molecule has 0 amide bonds. The highest BCUT2D eigenvalue weighted by molar-refractivity contribution is 5.50. The van der Waals surface area contributed by atoms with Crippen LogP contribution in [0.3, 0.4) is 0 Å². The second-order valence-electron chi connectivity index (χ2n) is 5.56. The van der Waals surface area contributed by atoms with Crippen molar-refractivity contribution in [3.05, 3.63) is 29.3 Å². The highest BCUT2D eigenvalue weighted by Gasteiger charge is 2.18. The van der Waals surface area contributed by atoms with Crippen LogP contribution in [-0.2, 0) is 0 Å². The molecule has 1 N–H and O–H groups in total. The van der Waals surface area contributed by atoms with Gasteiger partial charge in [0.2, 0.25) is 0 Å². The first kappa shape index (κ1) is 13.4. The van der Waals surface area contributed by atoms with Crippen LogP contribution in [0.1, 0.15) is 11.1 Å². The molecule has 1 fully saturated rings. The summed E-state index contributed by atoms with van der Waals surface area (Å²) in [5.41, 5.74) is 4.05. The van der Waals surface area contributed by atoms with E-state index in [9.17, 15) is 0 Å². The number of likely N-dealkylation sites (N-methyl/N-ethyl adjacent to an activating group) is 2. The number of nitrogens with one attached hydrogen (secondary N) is 1. The predicted octanol–water partition coefficient (Wildman–Crippen LogP) is 1.64. The molecule has 1 aromatic rings. The normalized spacial score (nSPS) is 21.0. The van der Waals surface area contributed by atoms with Gasteiger partial charge in [0.1, 0.15) is 0 Å². The van der Waals surface area contributed by atoms with Gasteiger partial charge in [-0.15, -0.1) is 0 Å². The van der Waals surface area contributed by atoms with Crippen molar-refractivity contribution < 1.29 is 0 Å². The fourth-order valence-corrected chi connectivity index (χ4v) is 2.51. The molecule has 0 spiro atoms. The fourth-order valence-electron chi connectivity index (χ4n) is 2.51. The van der Waals surface area contributed by atoms with Crippen molar-refractivity contribution in [2.45, 2.75) is 19.9 Å². The number of nitrogens with zero attached hydrogens (tertiary/aromatic N) is 2. The Morgan fingerprint density at radius 2 is 2.11 bits per heavy atom. The van der Waals surface area contributed by atoms with Crippen molar-refractivity contribution in [2.24, 2.45) is 0 Å². The van der Waals surface area contributed by atoms with Gasteiger partial charge in [0.15, 0.2) is 0 Å². The summed E-state index contributed by atoms with van der Waals surface area (Å²) in [4.78, 5) is 4.75. The minimum Gasteiger partial charge on any atom is -0.373 e. The van der Waals surface area contributed by atoms with Crippen LogP contribution in [0.15, 0.2) is 18.2 Å². The highest BCUT2D eigenvalue weighted by Crippen LogP contribution is 2.18.